The standard InChI is InChI=1S/C8H16O/c1-3-4-7-6(2)8(7)5-9/h6-9H,3-5H2,1-2H3. The molecule has 1 rings (SSSR count). The summed E-state index contributed by atoms with van der Waals surface area (Å²) in [6, 6.07) is 0. The Hall–Kier alpha value is -0.0400. The summed E-state index contributed by atoms with van der Waals surface area (Å²) in [5, 5.41) is 8.77. The lowest BCUT2D eigenvalue weighted by Gasteiger charge is -1.89. The fourth-order valence-corrected chi connectivity index (χ4v) is 1.75. The highest BCUT2D eigenvalue weighted by Gasteiger charge is 2.44. The Balaban J connectivity index is 2.17. The maximum atomic E-state index is 8.77. The molecule has 0 spiro atoms. The molecule has 3 unspecified atom stereocenters. The Kier molecular flexibility index (Phi) is 2.12. The maximum Gasteiger partial charge on any atom is 0.0464 e. The van der Waals surface area contributed by atoms with Crippen LogP contribution >= 0.6 is 0 Å². The fraction of sp³-hybridized carbons (Fsp3) is 1.00. The van der Waals surface area contributed by atoms with E-state index >= 15 is 0 Å². The summed E-state index contributed by atoms with van der Waals surface area (Å²) in [6.45, 7) is 4.85. The number of hydrogen-bond acceptors (Lipinski definition) is 1. The van der Waals surface area contributed by atoms with Gasteiger partial charge in [0.05, 0.1) is 0 Å². The van der Waals surface area contributed by atoms with E-state index in [0.29, 0.717) is 12.5 Å². The van der Waals surface area contributed by atoms with Gasteiger partial charge in [-0.05, 0) is 17.8 Å². The Morgan fingerprint density at radius 2 is 2.00 bits per heavy atom. The molecule has 0 aromatic carbocycles. The molecular weight excluding hydrogens is 112 g/mol. The van der Waals surface area contributed by atoms with Gasteiger partial charge in [0.15, 0.2) is 0 Å². The number of aliphatic hydroxyl groups is 1. The van der Waals surface area contributed by atoms with Crippen LogP contribution in [0.2, 0.25) is 0 Å². The summed E-state index contributed by atoms with van der Waals surface area (Å²) >= 11 is 0. The Bertz CT molecular complexity index is 90.6. The van der Waals surface area contributed by atoms with Gasteiger partial charge in [-0.1, -0.05) is 26.7 Å². The molecule has 0 heterocycles. The summed E-state index contributed by atoms with van der Waals surface area (Å²) in [6.07, 6.45) is 2.58. The average molecular weight is 128 g/mol. The molecule has 1 aliphatic rings. The molecule has 1 aliphatic carbocycles. The lowest BCUT2D eigenvalue weighted by molar-refractivity contribution is 0.263. The van der Waals surface area contributed by atoms with Gasteiger partial charge in [0.25, 0.3) is 0 Å². The van der Waals surface area contributed by atoms with Gasteiger partial charge in [-0.3, -0.25) is 0 Å². The summed E-state index contributed by atoms with van der Waals surface area (Å²) in [5.41, 5.74) is 0. The van der Waals surface area contributed by atoms with Crippen LogP contribution in [0.15, 0.2) is 0 Å². The highest BCUT2D eigenvalue weighted by Crippen LogP contribution is 2.48. The minimum atomic E-state index is 0.409. The molecule has 0 aromatic heterocycles. The van der Waals surface area contributed by atoms with Crippen molar-refractivity contribution in [2.75, 3.05) is 6.61 Å². The summed E-state index contributed by atoms with van der Waals surface area (Å²) < 4.78 is 0. The maximum absolute atomic E-state index is 8.77. The van der Waals surface area contributed by atoms with E-state index in [0.717, 1.165) is 11.8 Å². The number of hydrogen-bond donors (Lipinski definition) is 1. The van der Waals surface area contributed by atoms with Crippen LogP contribution in [-0.4, -0.2) is 11.7 Å². The van der Waals surface area contributed by atoms with Crippen LogP contribution in [0.4, 0.5) is 0 Å². The smallest absolute Gasteiger partial charge is 0.0464 e. The third-order valence-electron chi connectivity index (χ3n) is 2.59. The molecule has 9 heavy (non-hydrogen) atoms. The van der Waals surface area contributed by atoms with Crippen molar-refractivity contribution in [2.45, 2.75) is 26.7 Å². The zero-order valence-electron chi connectivity index (χ0n) is 6.30. The van der Waals surface area contributed by atoms with Crippen molar-refractivity contribution in [3.05, 3.63) is 0 Å². The fourth-order valence-electron chi connectivity index (χ4n) is 1.75. The predicted molar refractivity (Wildman–Crippen MR) is 38.1 cm³/mol. The molecule has 0 saturated heterocycles. The van der Waals surface area contributed by atoms with E-state index in [-0.39, 0.29) is 0 Å². The van der Waals surface area contributed by atoms with Gasteiger partial charge >= 0.3 is 0 Å². The van der Waals surface area contributed by atoms with Crippen LogP contribution in [0.25, 0.3) is 0 Å². The zero-order valence-corrected chi connectivity index (χ0v) is 6.30. The lowest BCUT2D eigenvalue weighted by Crippen LogP contribution is -1.87. The van der Waals surface area contributed by atoms with Crippen LogP contribution in [0, 0.1) is 17.8 Å². The van der Waals surface area contributed by atoms with Gasteiger partial charge in [0.1, 0.15) is 0 Å². The first kappa shape index (κ1) is 7.07. The molecule has 1 nitrogen and oxygen atoms in total. The summed E-state index contributed by atoms with van der Waals surface area (Å²) in [4.78, 5) is 0. The van der Waals surface area contributed by atoms with Crippen molar-refractivity contribution in [3.8, 4) is 0 Å². The van der Waals surface area contributed by atoms with E-state index < -0.39 is 0 Å². The predicted octanol–water partition coefficient (Wildman–Crippen LogP) is 1.66. The molecule has 1 heteroatoms. The molecule has 54 valence electrons. The molecule has 0 amide bonds. The minimum absolute atomic E-state index is 0.409. The van der Waals surface area contributed by atoms with E-state index in [1.807, 2.05) is 0 Å². The van der Waals surface area contributed by atoms with Crippen molar-refractivity contribution in [1.29, 1.82) is 0 Å². The third-order valence-corrected chi connectivity index (χ3v) is 2.59. The molecule has 0 bridgehead atoms. The molecule has 0 aromatic rings. The second kappa shape index (κ2) is 2.70. The molecular formula is C8H16O. The highest BCUT2D eigenvalue weighted by atomic mass is 16.3. The van der Waals surface area contributed by atoms with Crippen molar-refractivity contribution in [3.63, 3.8) is 0 Å². The van der Waals surface area contributed by atoms with Crippen LogP contribution < -0.4 is 0 Å². The minimum Gasteiger partial charge on any atom is -0.396 e. The second-order valence-electron chi connectivity index (χ2n) is 3.16. The van der Waals surface area contributed by atoms with Crippen molar-refractivity contribution in [1.82, 2.24) is 0 Å². The van der Waals surface area contributed by atoms with Crippen molar-refractivity contribution in [2.24, 2.45) is 17.8 Å². The SMILES string of the molecule is CCCC1C(C)C1CO. The summed E-state index contributed by atoms with van der Waals surface area (Å²) in [5.74, 6) is 2.29. The van der Waals surface area contributed by atoms with E-state index in [4.69, 9.17) is 5.11 Å². The van der Waals surface area contributed by atoms with Gasteiger partial charge in [-0.25, -0.2) is 0 Å². The lowest BCUT2D eigenvalue weighted by atomic mass is 10.2. The molecule has 0 aliphatic heterocycles. The van der Waals surface area contributed by atoms with Crippen LogP contribution in [0.5, 0.6) is 0 Å². The van der Waals surface area contributed by atoms with Gasteiger partial charge in [-0.15, -0.1) is 0 Å². The van der Waals surface area contributed by atoms with E-state index in [9.17, 15) is 0 Å². The Morgan fingerprint density at radius 1 is 1.33 bits per heavy atom. The van der Waals surface area contributed by atoms with Crippen molar-refractivity contribution < 1.29 is 5.11 Å². The van der Waals surface area contributed by atoms with Crippen molar-refractivity contribution >= 4 is 0 Å². The molecule has 3 atom stereocenters. The van der Waals surface area contributed by atoms with Crippen LogP contribution in [0.3, 0.4) is 0 Å². The topological polar surface area (TPSA) is 20.2 Å². The highest BCUT2D eigenvalue weighted by molar-refractivity contribution is 4.92. The second-order valence-corrected chi connectivity index (χ2v) is 3.16. The largest absolute Gasteiger partial charge is 0.396 e. The quantitative estimate of drug-likeness (QED) is 0.613. The van der Waals surface area contributed by atoms with Gasteiger partial charge in [0, 0.05) is 6.61 Å². The molecule has 1 saturated carbocycles. The Morgan fingerprint density at radius 3 is 2.33 bits per heavy atom. The third kappa shape index (κ3) is 1.26. The monoisotopic (exact) mass is 128 g/mol. The molecule has 0 radical (unpaired) electrons. The van der Waals surface area contributed by atoms with E-state index in [2.05, 4.69) is 13.8 Å². The zero-order chi connectivity index (χ0) is 6.85. The van der Waals surface area contributed by atoms with Gasteiger partial charge in [-0.2, -0.15) is 0 Å². The van der Waals surface area contributed by atoms with Crippen LogP contribution in [0.1, 0.15) is 26.7 Å². The van der Waals surface area contributed by atoms with E-state index in [1.54, 1.807) is 0 Å². The van der Waals surface area contributed by atoms with E-state index in [1.165, 1.54) is 12.8 Å². The summed E-state index contributed by atoms with van der Waals surface area (Å²) in [7, 11) is 0. The number of rotatable bonds is 3. The average Bonchev–Trinajstić information content (AvgIpc) is 2.44. The first-order chi connectivity index (χ1) is 4.31. The first-order valence-electron chi connectivity index (χ1n) is 3.92. The van der Waals surface area contributed by atoms with Crippen LogP contribution in [-0.2, 0) is 0 Å². The first-order valence-corrected chi connectivity index (χ1v) is 3.92. The Labute approximate surface area is 57.1 Å². The molecule has 1 fully saturated rings. The van der Waals surface area contributed by atoms with Gasteiger partial charge in [0.2, 0.25) is 0 Å². The normalized spacial score (nSPS) is 41.0. The number of aliphatic hydroxyl groups excluding tert-OH is 1. The van der Waals surface area contributed by atoms with Gasteiger partial charge < -0.3 is 5.11 Å². The molecule has 1 N–H and O–H groups in total.